The van der Waals surface area contributed by atoms with Gasteiger partial charge in [0.1, 0.15) is 18.4 Å². The molecule has 2 N–H and O–H groups in total. The number of hydrogen-bond donors (Lipinski definition) is 2. The van der Waals surface area contributed by atoms with Gasteiger partial charge in [-0.15, -0.1) is 0 Å². The Kier molecular flexibility index (Phi) is 8.62. The van der Waals surface area contributed by atoms with Crippen molar-refractivity contribution < 1.29 is 19.1 Å². The van der Waals surface area contributed by atoms with Crippen LogP contribution in [-0.2, 0) is 27.2 Å². The molecule has 0 radical (unpaired) electrons. The topological polar surface area (TPSA) is 87.7 Å². The lowest BCUT2D eigenvalue weighted by atomic mass is 9.73. The third-order valence-corrected chi connectivity index (χ3v) is 7.44. The maximum absolute atomic E-state index is 13.4. The molecule has 2 aliphatic rings. The van der Waals surface area contributed by atoms with E-state index in [1.807, 2.05) is 53.4 Å². The largest absolute Gasteiger partial charge is 0.491 e. The first-order chi connectivity index (χ1) is 17.5. The zero-order valence-electron chi connectivity index (χ0n) is 21.1. The quantitative estimate of drug-likeness (QED) is 0.687. The number of ether oxygens (including phenoxy) is 1. The number of benzene rings is 2. The first kappa shape index (κ1) is 25.7. The Balaban J connectivity index is 1.40. The average molecular weight is 492 g/mol. The highest BCUT2D eigenvalue weighted by molar-refractivity contribution is 5.88. The minimum Gasteiger partial charge on any atom is -0.491 e. The second-order valence-electron chi connectivity index (χ2n) is 9.97. The maximum atomic E-state index is 13.4. The number of carbonyl (C=O) groups excluding carboxylic acids is 3. The Bertz CT molecular complexity index is 1050. The van der Waals surface area contributed by atoms with E-state index in [0.29, 0.717) is 45.5 Å². The molecule has 1 saturated heterocycles. The highest BCUT2D eigenvalue weighted by Gasteiger charge is 2.42. The van der Waals surface area contributed by atoms with Crippen LogP contribution >= 0.6 is 0 Å². The van der Waals surface area contributed by atoms with Crippen molar-refractivity contribution in [1.82, 2.24) is 15.5 Å². The maximum Gasteiger partial charge on any atom is 0.245 e. The van der Waals surface area contributed by atoms with Crippen molar-refractivity contribution in [1.29, 1.82) is 0 Å². The molecule has 1 spiro atoms. The lowest BCUT2D eigenvalue weighted by molar-refractivity contribution is -0.143. The minimum absolute atomic E-state index is 0.0646. The first-order valence-electron chi connectivity index (χ1n) is 13.1. The normalized spacial score (nSPS) is 19.0. The lowest BCUT2D eigenvalue weighted by Crippen LogP contribution is -2.55. The first-order valence-corrected chi connectivity index (χ1v) is 13.1. The molecule has 36 heavy (non-hydrogen) atoms. The fraction of sp³-hybridized carbons (Fsp3) is 0.483. The molecule has 7 heteroatoms. The van der Waals surface area contributed by atoms with Crippen molar-refractivity contribution in [3.8, 4) is 5.75 Å². The summed E-state index contributed by atoms with van der Waals surface area (Å²) in [6.45, 7) is 3.35. The molecule has 1 atom stereocenters. The van der Waals surface area contributed by atoms with E-state index in [1.54, 1.807) is 0 Å². The molecular formula is C29H37N3O4. The summed E-state index contributed by atoms with van der Waals surface area (Å²) in [5.74, 6) is 0.663. The van der Waals surface area contributed by atoms with Crippen LogP contribution in [0.4, 0.5) is 0 Å². The molecule has 2 aromatic carbocycles. The van der Waals surface area contributed by atoms with Gasteiger partial charge in [-0.2, -0.15) is 0 Å². The van der Waals surface area contributed by atoms with E-state index < -0.39 is 11.5 Å². The fourth-order valence-electron chi connectivity index (χ4n) is 5.40. The molecule has 2 aliphatic heterocycles. The Hall–Kier alpha value is -3.35. The predicted molar refractivity (Wildman–Crippen MR) is 138 cm³/mol. The standard InChI is InChI=1S/C29H37N3O4/c1-22(33)31-25(21-23-9-3-2-4-10-23)27(34)32-18-15-29(16-19-32)14-8-7-12-24-11-5-6-13-26(24)36-20-17-30-28(29)35/h2-6,9-11,13,25H,7-8,12,14-21H2,1H3,(H,30,35)(H,31,33)/t25-/m1/s1. The number of carbonyl (C=O) groups is 3. The molecule has 4 rings (SSSR count). The molecule has 0 aromatic heterocycles. The van der Waals surface area contributed by atoms with Crippen LogP contribution in [0, 0.1) is 5.41 Å². The summed E-state index contributed by atoms with van der Waals surface area (Å²) < 4.78 is 5.94. The van der Waals surface area contributed by atoms with Crippen LogP contribution in [0.3, 0.4) is 0 Å². The van der Waals surface area contributed by atoms with Crippen molar-refractivity contribution in [3.05, 3.63) is 65.7 Å². The summed E-state index contributed by atoms with van der Waals surface area (Å²) in [5.41, 5.74) is 1.74. The second-order valence-corrected chi connectivity index (χ2v) is 9.97. The van der Waals surface area contributed by atoms with Gasteiger partial charge in [0, 0.05) is 26.4 Å². The highest BCUT2D eigenvalue weighted by Crippen LogP contribution is 2.38. The van der Waals surface area contributed by atoms with E-state index in [2.05, 4.69) is 16.7 Å². The molecule has 2 heterocycles. The van der Waals surface area contributed by atoms with E-state index in [4.69, 9.17) is 4.74 Å². The Labute approximate surface area is 213 Å². The number of rotatable bonds is 4. The summed E-state index contributed by atoms with van der Waals surface area (Å²) >= 11 is 0. The van der Waals surface area contributed by atoms with E-state index in [-0.39, 0.29) is 17.7 Å². The van der Waals surface area contributed by atoms with Crippen LogP contribution in [0.25, 0.3) is 0 Å². The smallest absolute Gasteiger partial charge is 0.245 e. The molecule has 1 fully saturated rings. The Morgan fingerprint density at radius 3 is 2.50 bits per heavy atom. The number of hydrogen-bond acceptors (Lipinski definition) is 4. The number of nitrogens with one attached hydrogen (secondary N) is 2. The van der Waals surface area contributed by atoms with Crippen molar-refractivity contribution in [2.45, 2.75) is 57.9 Å². The molecule has 0 bridgehead atoms. The van der Waals surface area contributed by atoms with Gasteiger partial charge in [0.05, 0.1) is 12.0 Å². The van der Waals surface area contributed by atoms with E-state index in [9.17, 15) is 14.4 Å². The summed E-state index contributed by atoms with van der Waals surface area (Å²) in [7, 11) is 0. The number of nitrogens with zero attached hydrogens (tertiary/aromatic N) is 1. The molecule has 0 saturated carbocycles. The predicted octanol–water partition coefficient (Wildman–Crippen LogP) is 3.26. The van der Waals surface area contributed by atoms with Gasteiger partial charge in [0.2, 0.25) is 17.7 Å². The molecule has 192 valence electrons. The minimum atomic E-state index is -0.610. The second kappa shape index (κ2) is 12.1. The lowest BCUT2D eigenvalue weighted by Gasteiger charge is -2.42. The van der Waals surface area contributed by atoms with Gasteiger partial charge >= 0.3 is 0 Å². The van der Waals surface area contributed by atoms with Gasteiger partial charge in [-0.1, -0.05) is 55.0 Å². The fourth-order valence-corrected chi connectivity index (χ4v) is 5.40. The third-order valence-electron chi connectivity index (χ3n) is 7.44. The van der Waals surface area contributed by atoms with Crippen LogP contribution in [-0.4, -0.2) is 54.9 Å². The number of piperidine rings is 1. The number of aryl methyl sites for hydroxylation is 1. The van der Waals surface area contributed by atoms with Crippen LogP contribution in [0.5, 0.6) is 5.75 Å². The molecule has 7 nitrogen and oxygen atoms in total. The average Bonchev–Trinajstić information content (AvgIpc) is 2.89. The summed E-state index contributed by atoms with van der Waals surface area (Å²) in [6, 6.07) is 17.2. The van der Waals surface area contributed by atoms with Crippen LogP contribution in [0.15, 0.2) is 54.6 Å². The SMILES string of the molecule is CC(=O)N[C@H](Cc1ccccc1)C(=O)N1CCC2(CCCCc3ccccc3OCCNC2=O)CC1. The summed E-state index contributed by atoms with van der Waals surface area (Å²) in [4.78, 5) is 40.4. The molecule has 0 unspecified atom stereocenters. The monoisotopic (exact) mass is 491 g/mol. The van der Waals surface area contributed by atoms with Gasteiger partial charge in [-0.05, 0) is 49.3 Å². The third kappa shape index (κ3) is 6.45. The van der Waals surface area contributed by atoms with E-state index in [1.165, 1.54) is 12.5 Å². The van der Waals surface area contributed by atoms with Crippen LogP contribution in [0.1, 0.15) is 50.2 Å². The Morgan fingerprint density at radius 2 is 1.75 bits per heavy atom. The van der Waals surface area contributed by atoms with Gasteiger partial charge in [-0.25, -0.2) is 0 Å². The number of likely N-dealkylation sites (tertiary alicyclic amines) is 1. The zero-order valence-corrected chi connectivity index (χ0v) is 21.1. The van der Waals surface area contributed by atoms with E-state index >= 15 is 0 Å². The van der Waals surface area contributed by atoms with Crippen LogP contribution < -0.4 is 15.4 Å². The van der Waals surface area contributed by atoms with Crippen molar-refractivity contribution in [2.24, 2.45) is 5.41 Å². The summed E-state index contributed by atoms with van der Waals surface area (Å²) in [5, 5.41) is 5.93. The van der Waals surface area contributed by atoms with Gasteiger partial charge in [0.15, 0.2) is 0 Å². The Morgan fingerprint density at radius 1 is 1.03 bits per heavy atom. The molecule has 3 amide bonds. The van der Waals surface area contributed by atoms with Gasteiger partial charge in [0.25, 0.3) is 0 Å². The van der Waals surface area contributed by atoms with Gasteiger partial charge < -0.3 is 20.3 Å². The molecule has 0 aliphatic carbocycles. The number of fused-ring (bicyclic) bond motifs is 1. The summed E-state index contributed by atoms with van der Waals surface area (Å²) in [6.07, 6.45) is 5.36. The highest BCUT2D eigenvalue weighted by atomic mass is 16.5. The van der Waals surface area contributed by atoms with E-state index in [0.717, 1.165) is 37.0 Å². The van der Waals surface area contributed by atoms with Gasteiger partial charge in [-0.3, -0.25) is 14.4 Å². The number of para-hydroxylation sites is 1. The zero-order chi connectivity index (χ0) is 25.4. The van der Waals surface area contributed by atoms with Crippen LogP contribution in [0.2, 0.25) is 0 Å². The van der Waals surface area contributed by atoms with Crippen molar-refractivity contribution >= 4 is 17.7 Å². The molecule has 2 aromatic rings. The number of amides is 3. The van der Waals surface area contributed by atoms with Crippen molar-refractivity contribution in [2.75, 3.05) is 26.2 Å². The molecular weight excluding hydrogens is 454 g/mol. The van der Waals surface area contributed by atoms with Crippen molar-refractivity contribution in [3.63, 3.8) is 0 Å².